The number of hydrogen-bond donors (Lipinski definition) is 2. The van der Waals surface area contributed by atoms with Gasteiger partial charge in [0.05, 0.1) is 6.10 Å². The van der Waals surface area contributed by atoms with E-state index in [2.05, 4.69) is 14.9 Å². The van der Waals surface area contributed by atoms with Crippen molar-refractivity contribution in [2.75, 3.05) is 23.7 Å². The number of nitrogens with zero attached hydrogens (tertiary/aromatic N) is 3. The summed E-state index contributed by atoms with van der Waals surface area (Å²) in [7, 11) is 0. The Morgan fingerprint density at radius 1 is 1.56 bits per heavy atom. The van der Waals surface area contributed by atoms with Gasteiger partial charge in [-0.3, -0.25) is 0 Å². The molecule has 1 aromatic heterocycles. The van der Waals surface area contributed by atoms with Gasteiger partial charge in [0.2, 0.25) is 0 Å². The van der Waals surface area contributed by atoms with Crippen molar-refractivity contribution in [2.24, 2.45) is 5.92 Å². The van der Waals surface area contributed by atoms with Gasteiger partial charge < -0.3 is 15.7 Å². The average molecular weight is 222 g/mol. The zero-order valence-corrected chi connectivity index (χ0v) is 9.72. The van der Waals surface area contributed by atoms with E-state index in [1.165, 1.54) is 0 Å². The molecule has 0 saturated carbocycles. The smallest absolute Gasteiger partial charge is 0.134 e. The summed E-state index contributed by atoms with van der Waals surface area (Å²) in [6.45, 7) is 5.44. The molecule has 0 bridgehead atoms. The van der Waals surface area contributed by atoms with Gasteiger partial charge in [0.1, 0.15) is 17.5 Å². The van der Waals surface area contributed by atoms with Crippen LogP contribution in [-0.2, 0) is 0 Å². The molecule has 2 atom stereocenters. The van der Waals surface area contributed by atoms with Crippen molar-refractivity contribution < 1.29 is 5.11 Å². The maximum atomic E-state index is 9.54. The van der Waals surface area contributed by atoms with Gasteiger partial charge in [-0.25, -0.2) is 9.97 Å². The minimum absolute atomic E-state index is 0.259. The van der Waals surface area contributed by atoms with Crippen molar-refractivity contribution in [1.29, 1.82) is 0 Å². The van der Waals surface area contributed by atoms with Crippen LogP contribution in [0.5, 0.6) is 0 Å². The number of aromatic nitrogens is 2. The minimum atomic E-state index is -0.259. The molecule has 1 aromatic rings. The Hall–Kier alpha value is -1.36. The van der Waals surface area contributed by atoms with Crippen LogP contribution in [-0.4, -0.2) is 34.3 Å². The molecule has 0 amide bonds. The largest absolute Gasteiger partial charge is 0.393 e. The van der Waals surface area contributed by atoms with Gasteiger partial charge >= 0.3 is 0 Å². The normalized spacial score (nSPS) is 22.4. The number of anilines is 2. The molecule has 1 aliphatic rings. The first-order chi connectivity index (χ1) is 7.56. The van der Waals surface area contributed by atoms with Gasteiger partial charge in [0, 0.05) is 25.1 Å². The lowest BCUT2D eigenvalue weighted by molar-refractivity contribution is 0.136. The quantitative estimate of drug-likeness (QED) is 0.765. The van der Waals surface area contributed by atoms with Gasteiger partial charge in [-0.1, -0.05) is 0 Å². The van der Waals surface area contributed by atoms with Crippen LogP contribution in [0.15, 0.2) is 6.07 Å². The highest BCUT2D eigenvalue weighted by atomic mass is 16.3. The molecular weight excluding hydrogens is 204 g/mol. The molecule has 2 rings (SSSR count). The van der Waals surface area contributed by atoms with E-state index >= 15 is 0 Å². The molecule has 1 fully saturated rings. The first-order valence-corrected chi connectivity index (χ1v) is 5.60. The monoisotopic (exact) mass is 222 g/mol. The number of rotatable bonds is 2. The number of aliphatic hydroxyl groups excluding tert-OH is 1. The molecule has 2 heterocycles. The molecule has 3 N–H and O–H groups in total. The lowest BCUT2D eigenvalue weighted by Crippen LogP contribution is -2.25. The fourth-order valence-electron chi connectivity index (χ4n) is 2.13. The van der Waals surface area contributed by atoms with Crippen molar-refractivity contribution in [2.45, 2.75) is 26.4 Å². The number of nitrogen functional groups attached to an aromatic ring is 1. The van der Waals surface area contributed by atoms with Crippen molar-refractivity contribution in [3.8, 4) is 0 Å². The topological polar surface area (TPSA) is 75.3 Å². The fourth-order valence-corrected chi connectivity index (χ4v) is 2.13. The van der Waals surface area contributed by atoms with Gasteiger partial charge in [0.15, 0.2) is 0 Å². The maximum Gasteiger partial charge on any atom is 0.134 e. The SMILES string of the molecule is Cc1nc(N)cc(N2CCC(C(C)O)C2)n1. The highest BCUT2D eigenvalue weighted by Gasteiger charge is 2.26. The molecular formula is C11H18N4O. The van der Waals surface area contributed by atoms with Crippen molar-refractivity contribution in [1.82, 2.24) is 9.97 Å². The van der Waals surface area contributed by atoms with E-state index in [0.29, 0.717) is 17.6 Å². The summed E-state index contributed by atoms with van der Waals surface area (Å²) in [5, 5.41) is 9.54. The summed E-state index contributed by atoms with van der Waals surface area (Å²) < 4.78 is 0. The summed E-state index contributed by atoms with van der Waals surface area (Å²) in [6.07, 6.45) is 0.742. The van der Waals surface area contributed by atoms with Crippen LogP contribution in [0.1, 0.15) is 19.2 Å². The van der Waals surface area contributed by atoms with Crippen LogP contribution >= 0.6 is 0 Å². The standard InChI is InChI=1S/C11H18N4O/c1-7(16)9-3-4-15(6-9)11-5-10(12)13-8(2)14-11/h5,7,9,16H,3-4,6H2,1-2H3,(H2,12,13,14). The lowest BCUT2D eigenvalue weighted by atomic mass is 10.0. The molecule has 16 heavy (non-hydrogen) atoms. The zero-order valence-electron chi connectivity index (χ0n) is 9.72. The highest BCUT2D eigenvalue weighted by molar-refractivity contribution is 5.47. The molecule has 5 heteroatoms. The molecule has 0 aromatic carbocycles. The van der Waals surface area contributed by atoms with Gasteiger partial charge in [0.25, 0.3) is 0 Å². The summed E-state index contributed by atoms with van der Waals surface area (Å²) in [5.41, 5.74) is 5.69. The van der Waals surface area contributed by atoms with E-state index in [1.54, 1.807) is 6.07 Å². The summed E-state index contributed by atoms with van der Waals surface area (Å²) in [4.78, 5) is 10.6. The van der Waals surface area contributed by atoms with E-state index in [4.69, 9.17) is 5.73 Å². The highest BCUT2D eigenvalue weighted by Crippen LogP contribution is 2.25. The predicted octanol–water partition coefficient (Wildman–Crippen LogP) is 0.574. The summed E-state index contributed by atoms with van der Waals surface area (Å²) in [5.74, 6) is 2.39. The maximum absolute atomic E-state index is 9.54. The van der Waals surface area contributed by atoms with E-state index < -0.39 is 0 Å². The van der Waals surface area contributed by atoms with E-state index in [9.17, 15) is 5.11 Å². The molecule has 0 aliphatic carbocycles. The minimum Gasteiger partial charge on any atom is -0.393 e. The summed E-state index contributed by atoms with van der Waals surface area (Å²) >= 11 is 0. The Bertz CT molecular complexity index is 360. The van der Waals surface area contributed by atoms with E-state index in [1.807, 2.05) is 13.8 Å². The first-order valence-electron chi connectivity index (χ1n) is 5.60. The van der Waals surface area contributed by atoms with Gasteiger partial charge in [-0.2, -0.15) is 0 Å². The third-order valence-electron chi connectivity index (χ3n) is 3.08. The molecule has 88 valence electrons. The average Bonchev–Trinajstić information content (AvgIpc) is 2.64. The van der Waals surface area contributed by atoms with Crippen molar-refractivity contribution >= 4 is 11.6 Å². The molecule has 1 saturated heterocycles. The molecule has 0 spiro atoms. The number of hydrogen-bond acceptors (Lipinski definition) is 5. The third kappa shape index (κ3) is 2.24. The second kappa shape index (κ2) is 4.25. The van der Waals surface area contributed by atoms with Crippen LogP contribution < -0.4 is 10.6 Å². The lowest BCUT2D eigenvalue weighted by Gasteiger charge is -2.19. The molecule has 1 aliphatic heterocycles. The van der Waals surface area contributed by atoms with Gasteiger partial charge in [-0.15, -0.1) is 0 Å². The Morgan fingerprint density at radius 2 is 2.31 bits per heavy atom. The number of nitrogens with two attached hydrogens (primary N) is 1. The van der Waals surface area contributed by atoms with Crippen molar-refractivity contribution in [3.05, 3.63) is 11.9 Å². The van der Waals surface area contributed by atoms with Crippen LogP contribution in [0, 0.1) is 12.8 Å². The van der Waals surface area contributed by atoms with Crippen LogP contribution in [0.2, 0.25) is 0 Å². The molecule has 0 radical (unpaired) electrons. The van der Waals surface area contributed by atoms with Crippen LogP contribution in [0.25, 0.3) is 0 Å². The zero-order chi connectivity index (χ0) is 11.7. The van der Waals surface area contributed by atoms with E-state index in [-0.39, 0.29) is 6.10 Å². The van der Waals surface area contributed by atoms with Crippen molar-refractivity contribution in [3.63, 3.8) is 0 Å². The number of aryl methyl sites for hydroxylation is 1. The van der Waals surface area contributed by atoms with E-state index in [0.717, 1.165) is 25.3 Å². The van der Waals surface area contributed by atoms with Crippen LogP contribution in [0.4, 0.5) is 11.6 Å². The molecule has 5 nitrogen and oxygen atoms in total. The van der Waals surface area contributed by atoms with Gasteiger partial charge in [-0.05, 0) is 20.3 Å². The van der Waals surface area contributed by atoms with Crippen LogP contribution in [0.3, 0.4) is 0 Å². The second-order valence-electron chi connectivity index (χ2n) is 4.43. The second-order valence-corrected chi connectivity index (χ2v) is 4.43. The Balaban J connectivity index is 2.14. The molecule has 2 unspecified atom stereocenters. The Labute approximate surface area is 95.3 Å². The Morgan fingerprint density at radius 3 is 2.88 bits per heavy atom. The third-order valence-corrected chi connectivity index (χ3v) is 3.08. The Kier molecular flexibility index (Phi) is 2.96. The first kappa shape index (κ1) is 11.1. The predicted molar refractivity (Wildman–Crippen MR) is 63.2 cm³/mol. The number of aliphatic hydroxyl groups is 1. The summed E-state index contributed by atoms with van der Waals surface area (Å²) in [6, 6.07) is 1.79. The fraction of sp³-hybridized carbons (Fsp3) is 0.636.